The average Bonchev–Trinajstić information content (AvgIpc) is 2.63. The van der Waals surface area contributed by atoms with Gasteiger partial charge in [0.15, 0.2) is 0 Å². The van der Waals surface area contributed by atoms with Gasteiger partial charge in [-0.25, -0.2) is 0 Å². The smallest absolute Gasteiger partial charge is 0.225 e. The fourth-order valence-corrected chi connectivity index (χ4v) is 2.89. The van der Waals surface area contributed by atoms with Crippen molar-refractivity contribution in [3.05, 3.63) is 53.9 Å². The second-order valence-electron chi connectivity index (χ2n) is 6.09. The Kier molecular flexibility index (Phi) is 5.50. The number of amides is 1. The van der Waals surface area contributed by atoms with Gasteiger partial charge in [-0.1, -0.05) is 12.1 Å². The fraction of sp³-hybridized carbons (Fsp3) is 0.368. The summed E-state index contributed by atoms with van der Waals surface area (Å²) in [5.41, 5.74) is 1.98. The van der Waals surface area contributed by atoms with Crippen LogP contribution in [0, 0.1) is 5.92 Å². The lowest BCUT2D eigenvalue weighted by Crippen LogP contribution is -2.52. The molecule has 1 amide bonds. The number of rotatable bonds is 7. The highest BCUT2D eigenvalue weighted by molar-refractivity contribution is 5.79. The molecule has 6 nitrogen and oxygen atoms in total. The van der Waals surface area contributed by atoms with E-state index >= 15 is 0 Å². The summed E-state index contributed by atoms with van der Waals surface area (Å²) in [6, 6.07) is 11.7. The summed E-state index contributed by atoms with van der Waals surface area (Å²) in [5, 5.41) is 2.70. The predicted octanol–water partition coefficient (Wildman–Crippen LogP) is 1.85. The van der Waals surface area contributed by atoms with Crippen LogP contribution in [-0.2, 0) is 17.9 Å². The number of hydrogen-bond donors (Lipinski definition) is 1. The fourth-order valence-electron chi connectivity index (χ4n) is 2.89. The van der Waals surface area contributed by atoms with Crippen LogP contribution in [0.1, 0.15) is 11.3 Å². The van der Waals surface area contributed by atoms with Gasteiger partial charge in [-0.15, -0.1) is 0 Å². The van der Waals surface area contributed by atoms with Crippen LogP contribution in [0.15, 0.2) is 42.6 Å². The molecule has 3 rings (SSSR count). The summed E-state index contributed by atoms with van der Waals surface area (Å²) >= 11 is 0. The molecule has 6 heteroatoms. The van der Waals surface area contributed by atoms with E-state index in [0.717, 1.165) is 36.8 Å². The Balaban J connectivity index is 1.49. The first-order valence-electron chi connectivity index (χ1n) is 8.33. The zero-order valence-electron chi connectivity index (χ0n) is 14.6. The molecule has 0 radical (unpaired) electrons. The van der Waals surface area contributed by atoms with Gasteiger partial charge in [-0.05, 0) is 29.8 Å². The SMILES string of the molecule is CNC(=O)C1CN(Cc2ccc(OCc3ncccc3OC)cc2)C1. The number of nitrogens with one attached hydrogen (secondary N) is 1. The largest absolute Gasteiger partial charge is 0.495 e. The number of methoxy groups -OCH3 is 1. The molecule has 25 heavy (non-hydrogen) atoms. The van der Waals surface area contributed by atoms with E-state index in [1.165, 1.54) is 5.56 Å². The minimum absolute atomic E-state index is 0.126. The normalized spacial score (nSPS) is 14.6. The molecular weight excluding hydrogens is 318 g/mol. The molecule has 0 unspecified atom stereocenters. The average molecular weight is 341 g/mol. The van der Waals surface area contributed by atoms with Crippen molar-refractivity contribution in [1.29, 1.82) is 0 Å². The van der Waals surface area contributed by atoms with E-state index in [0.29, 0.717) is 6.61 Å². The van der Waals surface area contributed by atoms with Crippen molar-refractivity contribution in [2.75, 3.05) is 27.2 Å². The maximum atomic E-state index is 11.5. The van der Waals surface area contributed by atoms with Crippen LogP contribution in [0.25, 0.3) is 0 Å². The Labute approximate surface area is 147 Å². The first-order chi connectivity index (χ1) is 12.2. The van der Waals surface area contributed by atoms with Crippen molar-refractivity contribution in [1.82, 2.24) is 15.2 Å². The quantitative estimate of drug-likeness (QED) is 0.833. The highest BCUT2D eigenvalue weighted by Crippen LogP contribution is 2.21. The first-order valence-corrected chi connectivity index (χ1v) is 8.33. The minimum atomic E-state index is 0.126. The standard InChI is InChI=1S/C19H23N3O3/c1-20-19(23)15-11-22(12-15)10-14-5-7-16(8-6-14)25-13-17-18(24-2)4-3-9-21-17/h3-9,15H,10-13H2,1-2H3,(H,20,23). The highest BCUT2D eigenvalue weighted by atomic mass is 16.5. The van der Waals surface area contributed by atoms with Crippen LogP contribution in [-0.4, -0.2) is 43.0 Å². The van der Waals surface area contributed by atoms with E-state index in [1.807, 2.05) is 24.3 Å². The van der Waals surface area contributed by atoms with Crippen molar-refractivity contribution in [2.24, 2.45) is 5.92 Å². The number of benzene rings is 1. The third-order valence-corrected chi connectivity index (χ3v) is 4.35. The highest BCUT2D eigenvalue weighted by Gasteiger charge is 2.31. The summed E-state index contributed by atoms with van der Waals surface area (Å²) in [4.78, 5) is 18.0. The molecule has 1 fully saturated rings. The lowest BCUT2D eigenvalue weighted by atomic mass is 9.98. The van der Waals surface area contributed by atoms with Gasteiger partial charge in [0.2, 0.25) is 5.91 Å². The Bertz CT molecular complexity index is 712. The van der Waals surface area contributed by atoms with Crippen LogP contribution >= 0.6 is 0 Å². The van der Waals surface area contributed by atoms with Crippen LogP contribution in [0.2, 0.25) is 0 Å². The van der Waals surface area contributed by atoms with Gasteiger partial charge in [-0.3, -0.25) is 14.7 Å². The Hall–Kier alpha value is -2.60. The molecule has 0 spiro atoms. The summed E-state index contributed by atoms with van der Waals surface area (Å²) in [7, 11) is 3.31. The van der Waals surface area contributed by atoms with E-state index in [4.69, 9.17) is 9.47 Å². The van der Waals surface area contributed by atoms with Crippen LogP contribution < -0.4 is 14.8 Å². The maximum Gasteiger partial charge on any atom is 0.225 e. The number of aromatic nitrogens is 1. The van der Waals surface area contributed by atoms with Crippen molar-refractivity contribution in [2.45, 2.75) is 13.2 Å². The van der Waals surface area contributed by atoms with E-state index in [2.05, 4.69) is 27.3 Å². The van der Waals surface area contributed by atoms with Gasteiger partial charge in [-0.2, -0.15) is 0 Å². The molecule has 1 saturated heterocycles. The van der Waals surface area contributed by atoms with Crippen molar-refractivity contribution in [3.8, 4) is 11.5 Å². The lowest BCUT2D eigenvalue weighted by Gasteiger charge is -2.38. The summed E-state index contributed by atoms with van der Waals surface area (Å²) in [6.07, 6.45) is 1.73. The van der Waals surface area contributed by atoms with E-state index in [-0.39, 0.29) is 11.8 Å². The monoisotopic (exact) mass is 341 g/mol. The van der Waals surface area contributed by atoms with Crippen LogP contribution in [0.3, 0.4) is 0 Å². The number of carbonyl (C=O) groups is 1. The molecule has 1 aliphatic heterocycles. The summed E-state index contributed by atoms with van der Waals surface area (Å²) < 4.78 is 11.1. The maximum absolute atomic E-state index is 11.5. The first kappa shape index (κ1) is 17.2. The van der Waals surface area contributed by atoms with Gasteiger partial charge in [0, 0.05) is 32.9 Å². The van der Waals surface area contributed by atoms with Crippen molar-refractivity contribution >= 4 is 5.91 Å². The number of carbonyl (C=O) groups excluding carboxylic acids is 1. The van der Waals surface area contributed by atoms with Gasteiger partial charge in [0.1, 0.15) is 23.8 Å². The van der Waals surface area contributed by atoms with Gasteiger partial charge < -0.3 is 14.8 Å². The summed E-state index contributed by atoms with van der Waals surface area (Å²) in [6.45, 7) is 2.85. The lowest BCUT2D eigenvalue weighted by molar-refractivity contribution is -0.129. The zero-order chi connectivity index (χ0) is 17.6. The van der Waals surface area contributed by atoms with Gasteiger partial charge in [0.25, 0.3) is 0 Å². The molecule has 1 aromatic carbocycles. The second kappa shape index (κ2) is 7.98. The number of ether oxygens (including phenoxy) is 2. The molecule has 1 N–H and O–H groups in total. The Morgan fingerprint density at radius 1 is 1.28 bits per heavy atom. The molecule has 2 aromatic rings. The second-order valence-corrected chi connectivity index (χ2v) is 6.09. The Morgan fingerprint density at radius 2 is 2.04 bits per heavy atom. The molecule has 1 aliphatic rings. The topological polar surface area (TPSA) is 63.7 Å². The molecule has 132 valence electrons. The number of nitrogens with zero attached hydrogens (tertiary/aromatic N) is 2. The molecular formula is C19H23N3O3. The number of likely N-dealkylation sites (tertiary alicyclic amines) is 1. The van der Waals surface area contributed by atoms with Crippen molar-refractivity contribution in [3.63, 3.8) is 0 Å². The van der Waals surface area contributed by atoms with E-state index in [9.17, 15) is 4.79 Å². The van der Waals surface area contributed by atoms with Crippen molar-refractivity contribution < 1.29 is 14.3 Å². The summed E-state index contributed by atoms with van der Waals surface area (Å²) in [5.74, 6) is 1.77. The van der Waals surface area contributed by atoms with Gasteiger partial charge >= 0.3 is 0 Å². The number of hydrogen-bond acceptors (Lipinski definition) is 5. The third kappa shape index (κ3) is 4.28. The molecule has 0 saturated carbocycles. The minimum Gasteiger partial charge on any atom is -0.495 e. The Morgan fingerprint density at radius 3 is 2.72 bits per heavy atom. The van der Waals surface area contributed by atoms with Crippen LogP contribution in [0.5, 0.6) is 11.5 Å². The molecule has 0 aliphatic carbocycles. The van der Waals surface area contributed by atoms with E-state index < -0.39 is 0 Å². The molecule has 1 aromatic heterocycles. The predicted molar refractivity (Wildman–Crippen MR) is 94.4 cm³/mol. The van der Waals surface area contributed by atoms with Crippen LogP contribution in [0.4, 0.5) is 0 Å². The molecule has 0 atom stereocenters. The molecule has 2 heterocycles. The third-order valence-electron chi connectivity index (χ3n) is 4.35. The zero-order valence-corrected chi connectivity index (χ0v) is 14.6. The number of pyridine rings is 1. The van der Waals surface area contributed by atoms with E-state index in [1.54, 1.807) is 20.4 Å². The van der Waals surface area contributed by atoms with Gasteiger partial charge in [0.05, 0.1) is 13.0 Å². The molecule has 0 bridgehead atoms.